The lowest BCUT2D eigenvalue weighted by atomic mass is 10.2. The fourth-order valence-electron chi connectivity index (χ4n) is 1.32. The van der Waals surface area contributed by atoms with Crippen molar-refractivity contribution in [1.29, 1.82) is 0 Å². The number of aromatic nitrogens is 1. The molecule has 0 spiro atoms. The summed E-state index contributed by atoms with van der Waals surface area (Å²) in [6.45, 7) is 2.02. The highest BCUT2D eigenvalue weighted by molar-refractivity contribution is 5.91. The molecule has 1 amide bonds. The molecule has 1 heterocycles. The fraction of sp³-hybridized carbons (Fsp3) is 0.556. The first kappa shape index (κ1) is 8.29. The number of carbonyl (C=O) groups excluding carboxylic acids is 1. The second-order valence-electron chi connectivity index (χ2n) is 3.48. The van der Waals surface area contributed by atoms with E-state index in [1.165, 1.54) is 19.0 Å². The predicted octanol–water partition coefficient (Wildman–Crippen LogP) is 1.20. The van der Waals surface area contributed by atoms with Crippen LogP contribution in [0.15, 0.2) is 16.8 Å². The minimum absolute atomic E-state index is 0.170. The Balaban J connectivity index is 1.91. The summed E-state index contributed by atoms with van der Waals surface area (Å²) in [7, 11) is 0. The van der Waals surface area contributed by atoms with E-state index < -0.39 is 0 Å². The van der Waals surface area contributed by atoms with Crippen LogP contribution in [0.1, 0.15) is 30.3 Å². The van der Waals surface area contributed by atoms with Gasteiger partial charge in [-0.3, -0.25) is 4.79 Å². The maximum Gasteiger partial charge on any atom is 0.290 e. The van der Waals surface area contributed by atoms with Gasteiger partial charge in [-0.2, -0.15) is 0 Å². The lowest BCUT2D eigenvalue weighted by Gasteiger charge is -2.10. The van der Waals surface area contributed by atoms with E-state index >= 15 is 0 Å². The fourth-order valence-corrected chi connectivity index (χ4v) is 1.32. The largest absolute Gasteiger partial charge is 0.351 e. The van der Waals surface area contributed by atoms with Crippen LogP contribution in [0.5, 0.6) is 0 Å². The molecular weight excluding hydrogens is 168 g/mol. The molecule has 0 saturated heterocycles. The van der Waals surface area contributed by atoms with Crippen LogP contribution < -0.4 is 5.32 Å². The van der Waals surface area contributed by atoms with Crippen molar-refractivity contribution in [3.05, 3.63) is 18.0 Å². The summed E-state index contributed by atoms with van der Waals surface area (Å²) in [6, 6.07) is 1.81. The number of hydrogen-bond acceptors (Lipinski definition) is 3. The number of carbonyl (C=O) groups is 1. The topological polar surface area (TPSA) is 55.1 Å². The maximum absolute atomic E-state index is 11.4. The Bertz CT molecular complexity index is 291. The van der Waals surface area contributed by atoms with E-state index in [4.69, 9.17) is 4.52 Å². The van der Waals surface area contributed by atoms with Gasteiger partial charge in [0.1, 0.15) is 0 Å². The molecule has 0 aromatic carbocycles. The van der Waals surface area contributed by atoms with Gasteiger partial charge in [0.05, 0.1) is 6.20 Å². The highest BCUT2D eigenvalue weighted by Crippen LogP contribution is 2.32. The minimum Gasteiger partial charge on any atom is -0.351 e. The molecule has 70 valence electrons. The third-order valence-electron chi connectivity index (χ3n) is 2.35. The summed E-state index contributed by atoms with van der Waals surface area (Å²) in [5.41, 5.74) is 0. The van der Waals surface area contributed by atoms with Crippen LogP contribution in [-0.2, 0) is 0 Å². The average Bonchev–Trinajstić information content (AvgIpc) is 2.81. The second kappa shape index (κ2) is 3.20. The Morgan fingerprint density at radius 1 is 1.77 bits per heavy atom. The first-order valence-corrected chi connectivity index (χ1v) is 4.49. The molecule has 13 heavy (non-hydrogen) atoms. The molecule has 4 nitrogen and oxygen atoms in total. The van der Waals surface area contributed by atoms with Gasteiger partial charge in [0, 0.05) is 12.1 Å². The van der Waals surface area contributed by atoms with Gasteiger partial charge in [-0.05, 0) is 25.7 Å². The molecule has 1 unspecified atom stereocenters. The molecule has 2 rings (SSSR count). The van der Waals surface area contributed by atoms with E-state index in [1.807, 2.05) is 6.92 Å². The molecule has 1 N–H and O–H groups in total. The Hall–Kier alpha value is -1.32. The summed E-state index contributed by atoms with van der Waals surface area (Å²) in [5, 5.41) is 6.35. The summed E-state index contributed by atoms with van der Waals surface area (Å²) in [4.78, 5) is 11.4. The quantitative estimate of drug-likeness (QED) is 0.760. The van der Waals surface area contributed by atoms with Crippen molar-refractivity contribution >= 4 is 5.91 Å². The van der Waals surface area contributed by atoms with Gasteiger partial charge in [-0.1, -0.05) is 5.16 Å². The number of nitrogens with zero attached hydrogens (tertiary/aromatic N) is 1. The van der Waals surface area contributed by atoms with Crippen molar-refractivity contribution in [2.45, 2.75) is 25.8 Å². The smallest absolute Gasteiger partial charge is 0.290 e. The maximum atomic E-state index is 11.4. The standard InChI is InChI=1S/C9H12N2O2/c1-6(7-2-3-7)11-9(12)8-4-5-10-13-8/h4-7H,2-3H2,1H3,(H,11,12). The van der Waals surface area contributed by atoms with Gasteiger partial charge in [-0.15, -0.1) is 0 Å². The number of amides is 1. The first-order chi connectivity index (χ1) is 6.27. The van der Waals surface area contributed by atoms with Crippen LogP contribution in [0.4, 0.5) is 0 Å². The third kappa shape index (κ3) is 1.88. The molecule has 1 aliphatic carbocycles. The van der Waals surface area contributed by atoms with Crippen LogP contribution in [-0.4, -0.2) is 17.1 Å². The van der Waals surface area contributed by atoms with Gasteiger partial charge in [0.25, 0.3) is 5.91 Å². The molecule has 1 atom stereocenters. The van der Waals surface area contributed by atoms with Crippen molar-refractivity contribution in [3.63, 3.8) is 0 Å². The number of hydrogen-bond donors (Lipinski definition) is 1. The van der Waals surface area contributed by atoms with Gasteiger partial charge in [0.2, 0.25) is 5.76 Å². The zero-order valence-electron chi connectivity index (χ0n) is 7.49. The van der Waals surface area contributed by atoms with Crippen molar-refractivity contribution in [1.82, 2.24) is 10.5 Å². The van der Waals surface area contributed by atoms with Crippen molar-refractivity contribution in [3.8, 4) is 0 Å². The number of nitrogens with one attached hydrogen (secondary N) is 1. The highest BCUT2D eigenvalue weighted by Gasteiger charge is 2.29. The monoisotopic (exact) mass is 180 g/mol. The lowest BCUT2D eigenvalue weighted by molar-refractivity contribution is 0.0898. The SMILES string of the molecule is CC(NC(=O)c1ccno1)C1CC1. The van der Waals surface area contributed by atoms with Crippen LogP contribution in [0.2, 0.25) is 0 Å². The Labute approximate surface area is 76.3 Å². The zero-order chi connectivity index (χ0) is 9.26. The molecular formula is C9H12N2O2. The van der Waals surface area contributed by atoms with Crippen molar-refractivity contribution in [2.24, 2.45) is 5.92 Å². The van der Waals surface area contributed by atoms with E-state index in [9.17, 15) is 4.79 Å². The Morgan fingerprint density at radius 3 is 3.08 bits per heavy atom. The normalized spacial score (nSPS) is 18.2. The summed E-state index contributed by atoms with van der Waals surface area (Å²) >= 11 is 0. The van der Waals surface area contributed by atoms with Crippen LogP contribution in [0, 0.1) is 5.92 Å². The van der Waals surface area contributed by atoms with E-state index in [2.05, 4.69) is 10.5 Å². The van der Waals surface area contributed by atoms with E-state index in [0.717, 1.165) is 0 Å². The summed E-state index contributed by atoms with van der Waals surface area (Å²) in [5.74, 6) is 0.774. The molecule has 1 saturated carbocycles. The third-order valence-corrected chi connectivity index (χ3v) is 2.35. The lowest BCUT2D eigenvalue weighted by Crippen LogP contribution is -2.33. The molecule has 1 fully saturated rings. The zero-order valence-corrected chi connectivity index (χ0v) is 7.49. The average molecular weight is 180 g/mol. The van der Waals surface area contributed by atoms with Crippen molar-refractivity contribution in [2.75, 3.05) is 0 Å². The Morgan fingerprint density at radius 2 is 2.54 bits per heavy atom. The highest BCUT2D eigenvalue weighted by atomic mass is 16.5. The predicted molar refractivity (Wildman–Crippen MR) is 46.2 cm³/mol. The molecule has 1 aliphatic rings. The number of rotatable bonds is 3. The van der Waals surface area contributed by atoms with Gasteiger partial charge in [-0.25, -0.2) is 0 Å². The van der Waals surface area contributed by atoms with Crippen LogP contribution >= 0.6 is 0 Å². The first-order valence-electron chi connectivity index (χ1n) is 4.49. The van der Waals surface area contributed by atoms with E-state index in [1.54, 1.807) is 6.07 Å². The van der Waals surface area contributed by atoms with Gasteiger partial charge >= 0.3 is 0 Å². The van der Waals surface area contributed by atoms with Crippen molar-refractivity contribution < 1.29 is 9.32 Å². The van der Waals surface area contributed by atoms with E-state index in [-0.39, 0.29) is 17.7 Å². The molecule has 1 aromatic rings. The van der Waals surface area contributed by atoms with Gasteiger partial charge < -0.3 is 9.84 Å². The van der Waals surface area contributed by atoms with Gasteiger partial charge in [0.15, 0.2) is 0 Å². The molecule has 0 radical (unpaired) electrons. The summed E-state index contributed by atoms with van der Waals surface area (Å²) in [6.07, 6.45) is 3.91. The minimum atomic E-state index is -0.170. The summed E-state index contributed by atoms with van der Waals surface area (Å²) < 4.78 is 4.73. The Kier molecular flexibility index (Phi) is 2.04. The second-order valence-corrected chi connectivity index (χ2v) is 3.48. The molecule has 1 aromatic heterocycles. The van der Waals surface area contributed by atoms with E-state index in [0.29, 0.717) is 5.92 Å². The molecule has 0 aliphatic heterocycles. The van der Waals surface area contributed by atoms with Crippen LogP contribution in [0.25, 0.3) is 0 Å². The molecule has 4 heteroatoms. The van der Waals surface area contributed by atoms with Crippen LogP contribution in [0.3, 0.4) is 0 Å². The molecule has 0 bridgehead atoms.